The largest absolute Gasteiger partial charge is 0.416 e. The van der Waals surface area contributed by atoms with Gasteiger partial charge in [-0.15, -0.1) is 0 Å². The minimum Gasteiger partial charge on any atom is -0.389 e. The van der Waals surface area contributed by atoms with Crippen LogP contribution in [-0.2, 0) is 23.9 Å². The number of piperidine rings is 1. The summed E-state index contributed by atoms with van der Waals surface area (Å²) in [5, 5.41) is 11.3. The Hall–Kier alpha value is -1.89. The van der Waals surface area contributed by atoms with Crippen molar-refractivity contribution in [2.24, 2.45) is 0 Å². The molecular weight excluding hydrogens is 367 g/mol. The fraction of sp³-hybridized carbons (Fsp3) is 0.455. The van der Waals surface area contributed by atoms with Crippen molar-refractivity contribution in [2.45, 2.75) is 49.7 Å². The van der Waals surface area contributed by atoms with Crippen LogP contribution in [0.15, 0.2) is 54.6 Å². The molecule has 4 rings (SSSR count). The summed E-state index contributed by atoms with van der Waals surface area (Å²) in [7, 11) is 0. The zero-order chi connectivity index (χ0) is 19.8. The quantitative estimate of drug-likeness (QED) is 0.854. The summed E-state index contributed by atoms with van der Waals surface area (Å²) in [6.07, 6.45) is -3.60. The minimum absolute atomic E-state index is 0.00393. The van der Waals surface area contributed by atoms with Crippen molar-refractivity contribution in [3.8, 4) is 0 Å². The highest BCUT2D eigenvalue weighted by molar-refractivity contribution is 5.31. The second-order valence-electron chi connectivity index (χ2n) is 7.97. The van der Waals surface area contributed by atoms with E-state index in [-0.39, 0.29) is 24.1 Å². The van der Waals surface area contributed by atoms with Gasteiger partial charge in [0, 0.05) is 25.0 Å². The first-order valence-electron chi connectivity index (χ1n) is 9.59. The molecule has 150 valence electrons. The van der Waals surface area contributed by atoms with Crippen molar-refractivity contribution in [1.29, 1.82) is 0 Å². The maximum absolute atomic E-state index is 13.4. The second kappa shape index (κ2) is 7.50. The number of aliphatic hydroxyl groups is 1. The van der Waals surface area contributed by atoms with E-state index in [0.717, 1.165) is 12.6 Å². The zero-order valence-corrected chi connectivity index (χ0v) is 15.5. The molecule has 2 bridgehead atoms. The van der Waals surface area contributed by atoms with Gasteiger partial charge in [-0.25, -0.2) is 0 Å². The van der Waals surface area contributed by atoms with Gasteiger partial charge < -0.3 is 9.84 Å². The number of morpholine rings is 1. The van der Waals surface area contributed by atoms with Gasteiger partial charge in [0.25, 0.3) is 0 Å². The van der Waals surface area contributed by atoms with Gasteiger partial charge in [0.1, 0.15) is 0 Å². The highest BCUT2D eigenvalue weighted by Crippen LogP contribution is 2.40. The van der Waals surface area contributed by atoms with Crippen LogP contribution in [0, 0.1) is 0 Å². The van der Waals surface area contributed by atoms with Crippen LogP contribution in [0.25, 0.3) is 0 Å². The maximum atomic E-state index is 13.4. The minimum atomic E-state index is -4.42. The van der Waals surface area contributed by atoms with E-state index in [0.29, 0.717) is 26.1 Å². The first-order valence-corrected chi connectivity index (χ1v) is 9.59. The number of hydrogen-bond acceptors (Lipinski definition) is 3. The second-order valence-corrected chi connectivity index (χ2v) is 7.97. The number of rotatable bonds is 4. The molecule has 0 saturated carbocycles. The molecule has 3 nitrogen and oxygen atoms in total. The van der Waals surface area contributed by atoms with E-state index in [2.05, 4.69) is 17.0 Å². The van der Waals surface area contributed by atoms with Gasteiger partial charge >= 0.3 is 6.18 Å². The van der Waals surface area contributed by atoms with Crippen LogP contribution in [0.4, 0.5) is 13.2 Å². The molecule has 0 spiro atoms. The highest BCUT2D eigenvalue weighted by atomic mass is 19.4. The van der Waals surface area contributed by atoms with Crippen molar-refractivity contribution >= 4 is 0 Å². The lowest BCUT2D eigenvalue weighted by Crippen LogP contribution is -2.61. The fourth-order valence-corrected chi connectivity index (χ4v) is 4.64. The third-order valence-electron chi connectivity index (χ3n) is 5.84. The summed E-state index contributed by atoms with van der Waals surface area (Å²) < 4.78 is 45.8. The number of halogens is 3. The van der Waals surface area contributed by atoms with Crippen molar-refractivity contribution in [3.63, 3.8) is 0 Å². The molecule has 2 aromatic carbocycles. The smallest absolute Gasteiger partial charge is 0.389 e. The Bertz CT molecular complexity index is 795. The molecule has 0 radical (unpaired) electrons. The lowest BCUT2D eigenvalue weighted by atomic mass is 9.76. The van der Waals surface area contributed by atoms with Crippen LogP contribution in [0.1, 0.15) is 29.5 Å². The van der Waals surface area contributed by atoms with E-state index < -0.39 is 17.3 Å². The van der Waals surface area contributed by atoms with Gasteiger partial charge in [0.05, 0.1) is 24.4 Å². The number of fused-ring (bicyclic) bond motifs is 2. The molecule has 2 fully saturated rings. The summed E-state index contributed by atoms with van der Waals surface area (Å²) >= 11 is 0. The summed E-state index contributed by atoms with van der Waals surface area (Å²) in [6, 6.07) is 15.6. The highest BCUT2D eigenvalue weighted by Gasteiger charge is 2.47. The van der Waals surface area contributed by atoms with Crippen molar-refractivity contribution < 1.29 is 23.0 Å². The molecule has 2 unspecified atom stereocenters. The molecule has 2 aromatic rings. The van der Waals surface area contributed by atoms with Gasteiger partial charge in [-0.1, -0.05) is 48.5 Å². The van der Waals surface area contributed by atoms with Crippen LogP contribution in [-0.4, -0.2) is 40.9 Å². The van der Waals surface area contributed by atoms with Crippen LogP contribution in [0.3, 0.4) is 0 Å². The summed E-state index contributed by atoms with van der Waals surface area (Å²) in [5.74, 6) is 0. The Balaban J connectivity index is 1.54. The fourth-order valence-electron chi connectivity index (χ4n) is 4.64. The number of ether oxygens (including phenoxy) is 1. The van der Waals surface area contributed by atoms with Crippen LogP contribution >= 0.6 is 0 Å². The molecule has 28 heavy (non-hydrogen) atoms. The van der Waals surface area contributed by atoms with E-state index >= 15 is 0 Å². The topological polar surface area (TPSA) is 32.7 Å². The van der Waals surface area contributed by atoms with Crippen molar-refractivity contribution in [2.75, 3.05) is 13.2 Å². The third-order valence-corrected chi connectivity index (χ3v) is 5.84. The predicted molar refractivity (Wildman–Crippen MR) is 99.7 cm³/mol. The summed E-state index contributed by atoms with van der Waals surface area (Å²) in [5.41, 5.74) is -0.468. The monoisotopic (exact) mass is 391 g/mol. The lowest BCUT2D eigenvalue weighted by molar-refractivity contribution is -0.148. The summed E-state index contributed by atoms with van der Waals surface area (Å²) in [4.78, 5) is 2.34. The van der Waals surface area contributed by atoms with Crippen LogP contribution in [0.5, 0.6) is 0 Å². The van der Waals surface area contributed by atoms with E-state index in [4.69, 9.17) is 4.74 Å². The van der Waals surface area contributed by atoms with Crippen LogP contribution < -0.4 is 0 Å². The molecule has 2 saturated heterocycles. The Morgan fingerprint density at radius 1 is 0.964 bits per heavy atom. The number of alkyl halides is 3. The number of nitrogens with zero attached hydrogens (tertiary/aromatic N) is 1. The van der Waals surface area contributed by atoms with Crippen molar-refractivity contribution in [1.82, 2.24) is 4.90 Å². The summed E-state index contributed by atoms with van der Waals surface area (Å²) in [6.45, 7) is 1.74. The predicted octanol–water partition coefficient (Wildman–Crippen LogP) is 4.04. The van der Waals surface area contributed by atoms with Gasteiger partial charge in [-0.2, -0.15) is 13.2 Å². The molecular formula is C22H24F3NO2. The van der Waals surface area contributed by atoms with Crippen LogP contribution in [0.2, 0.25) is 0 Å². The molecule has 0 aliphatic carbocycles. The molecule has 6 heteroatoms. The zero-order valence-electron chi connectivity index (χ0n) is 15.5. The van der Waals surface area contributed by atoms with E-state index in [1.165, 1.54) is 17.7 Å². The Labute approximate surface area is 162 Å². The average molecular weight is 391 g/mol. The average Bonchev–Trinajstić information content (AvgIpc) is 2.63. The van der Waals surface area contributed by atoms with Gasteiger partial charge in [-0.3, -0.25) is 4.90 Å². The molecule has 0 amide bonds. The Morgan fingerprint density at radius 3 is 2.21 bits per heavy atom. The number of benzene rings is 2. The Kier molecular flexibility index (Phi) is 5.21. The first kappa shape index (κ1) is 19.4. The molecule has 2 aliphatic rings. The lowest BCUT2D eigenvalue weighted by Gasteiger charge is -2.52. The van der Waals surface area contributed by atoms with E-state index in [9.17, 15) is 18.3 Å². The normalized spacial score (nSPS) is 28.3. The molecule has 2 aliphatic heterocycles. The maximum Gasteiger partial charge on any atom is 0.416 e. The van der Waals surface area contributed by atoms with Gasteiger partial charge in [0.15, 0.2) is 0 Å². The van der Waals surface area contributed by atoms with Gasteiger partial charge in [-0.05, 0) is 30.0 Å². The SMILES string of the molecule is OC1(Cc2ccccc2C(F)(F)F)CC2COCC(C1)N2Cc1ccccc1. The number of hydrogen-bond donors (Lipinski definition) is 1. The van der Waals surface area contributed by atoms with Crippen molar-refractivity contribution in [3.05, 3.63) is 71.3 Å². The first-order chi connectivity index (χ1) is 13.3. The molecule has 0 aromatic heterocycles. The molecule has 2 heterocycles. The standard InChI is InChI=1S/C22H24F3NO2/c23-22(24,25)20-9-5-4-8-17(20)10-21(27)11-18-14-28-15-19(12-21)26(18)13-16-6-2-1-3-7-16/h1-9,18-19,27H,10-15H2. The molecule has 2 atom stereocenters. The van der Waals surface area contributed by atoms with E-state index in [1.54, 1.807) is 6.07 Å². The van der Waals surface area contributed by atoms with Gasteiger partial charge in [0.2, 0.25) is 0 Å². The molecule has 1 N–H and O–H groups in total. The van der Waals surface area contributed by atoms with E-state index in [1.807, 2.05) is 18.2 Å². The third kappa shape index (κ3) is 4.09. The Morgan fingerprint density at radius 2 is 1.57 bits per heavy atom.